The molecular weight excluding hydrogens is 250 g/mol. The van der Waals surface area contributed by atoms with Gasteiger partial charge in [-0.25, -0.2) is 8.78 Å². The first-order valence-electron chi connectivity index (χ1n) is 6.52. The van der Waals surface area contributed by atoms with Crippen molar-refractivity contribution in [3.05, 3.63) is 35.4 Å². The molecule has 0 bridgehead atoms. The molecule has 2 N–H and O–H groups in total. The van der Waals surface area contributed by atoms with Gasteiger partial charge in [0.2, 0.25) is 0 Å². The largest absolute Gasteiger partial charge is 0.332 e. The van der Waals surface area contributed by atoms with E-state index >= 15 is 0 Å². The number of amides is 1. The third-order valence-electron chi connectivity index (χ3n) is 3.70. The number of rotatable bonds is 2. The summed E-state index contributed by atoms with van der Waals surface area (Å²) in [6.45, 7) is 2.29. The van der Waals surface area contributed by atoms with Crippen LogP contribution in [0.3, 0.4) is 0 Å². The van der Waals surface area contributed by atoms with Crippen LogP contribution in [-0.2, 0) is 0 Å². The van der Waals surface area contributed by atoms with E-state index in [1.165, 1.54) is 6.07 Å². The Morgan fingerprint density at radius 3 is 2.79 bits per heavy atom. The maximum atomic E-state index is 13.7. The number of hydrogen-bond donors (Lipinski definition) is 1. The van der Waals surface area contributed by atoms with E-state index in [1.807, 2.05) is 6.92 Å². The standard InChI is InChI=1S/C14H18F2N2O/c1-9-3-2-4-11(8-17)18(9)14(19)12-6-5-10(15)7-13(12)16/h5-7,9,11H,2-4,8,17H2,1H3. The van der Waals surface area contributed by atoms with E-state index in [1.54, 1.807) is 4.90 Å². The van der Waals surface area contributed by atoms with Crippen molar-refractivity contribution >= 4 is 5.91 Å². The number of hydrogen-bond acceptors (Lipinski definition) is 2. The van der Waals surface area contributed by atoms with E-state index in [-0.39, 0.29) is 17.6 Å². The molecule has 0 saturated carbocycles. The van der Waals surface area contributed by atoms with Crippen LogP contribution in [0.15, 0.2) is 18.2 Å². The van der Waals surface area contributed by atoms with Gasteiger partial charge in [-0.2, -0.15) is 0 Å². The quantitative estimate of drug-likeness (QED) is 0.894. The third-order valence-corrected chi connectivity index (χ3v) is 3.70. The number of halogens is 2. The number of carbonyl (C=O) groups excluding carboxylic acids is 1. The van der Waals surface area contributed by atoms with Crippen molar-refractivity contribution in [2.75, 3.05) is 6.54 Å². The number of piperidine rings is 1. The molecule has 0 radical (unpaired) electrons. The highest BCUT2D eigenvalue weighted by Gasteiger charge is 2.32. The van der Waals surface area contributed by atoms with Gasteiger partial charge in [-0.15, -0.1) is 0 Å². The zero-order chi connectivity index (χ0) is 14.0. The summed E-state index contributed by atoms with van der Waals surface area (Å²) >= 11 is 0. The van der Waals surface area contributed by atoms with Gasteiger partial charge in [-0.05, 0) is 38.3 Å². The first-order chi connectivity index (χ1) is 9.04. The molecular formula is C14H18F2N2O. The molecule has 1 fully saturated rings. The normalized spacial score (nSPS) is 23.5. The molecule has 3 nitrogen and oxygen atoms in total. The molecule has 1 aliphatic heterocycles. The van der Waals surface area contributed by atoms with Crippen molar-refractivity contribution in [2.45, 2.75) is 38.3 Å². The highest BCUT2D eigenvalue weighted by molar-refractivity contribution is 5.95. The Labute approximate surface area is 111 Å². The minimum atomic E-state index is -0.821. The van der Waals surface area contributed by atoms with E-state index in [4.69, 9.17) is 5.73 Å². The van der Waals surface area contributed by atoms with Crippen LogP contribution in [0.25, 0.3) is 0 Å². The first-order valence-corrected chi connectivity index (χ1v) is 6.52. The average Bonchev–Trinajstić information content (AvgIpc) is 2.37. The van der Waals surface area contributed by atoms with E-state index < -0.39 is 17.5 Å². The second-order valence-electron chi connectivity index (χ2n) is 5.01. The second kappa shape index (κ2) is 5.65. The van der Waals surface area contributed by atoms with Crippen LogP contribution in [0.4, 0.5) is 8.78 Å². The summed E-state index contributed by atoms with van der Waals surface area (Å²) < 4.78 is 26.6. The lowest BCUT2D eigenvalue weighted by atomic mass is 9.95. The Kier molecular flexibility index (Phi) is 4.14. The molecule has 2 atom stereocenters. The highest BCUT2D eigenvalue weighted by atomic mass is 19.1. The monoisotopic (exact) mass is 268 g/mol. The van der Waals surface area contributed by atoms with Gasteiger partial charge >= 0.3 is 0 Å². The number of carbonyl (C=O) groups is 1. The zero-order valence-electron chi connectivity index (χ0n) is 10.9. The van der Waals surface area contributed by atoms with Crippen LogP contribution in [0.1, 0.15) is 36.5 Å². The summed E-state index contributed by atoms with van der Waals surface area (Å²) in [6.07, 6.45) is 2.72. The van der Waals surface area contributed by atoms with Crippen molar-refractivity contribution in [2.24, 2.45) is 5.73 Å². The van der Waals surface area contributed by atoms with Crippen LogP contribution >= 0.6 is 0 Å². The molecule has 0 aromatic heterocycles. The fourth-order valence-electron chi connectivity index (χ4n) is 2.69. The molecule has 2 rings (SSSR count). The maximum absolute atomic E-state index is 13.7. The van der Waals surface area contributed by atoms with Crippen molar-refractivity contribution in [1.82, 2.24) is 4.90 Å². The van der Waals surface area contributed by atoms with Crippen molar-refractivity contribution in [3.8, 4) is 0 Å². The maximum Gasteiger partial charge on any atom is 0.257 e. The second-order valence-corrected chi connectivity index (χ2v) is 5.01. The topological polar surface area (TPSA) is 46.3 Å². The molecule has 19 heavy (non-hydrogen) atoms. The van der Waals surface area contributed by atoms with Crippen LogP contribution < -0.4 is 5.73 Å². The highest BCUT2D eigenvalue weighted by Crippen LogP contribution is 2.25. The Bertz CT molecular complexity index is 479. The van der Waals surface area contributed by atoms with Gasteiger partial charge in [0.05, 0.1) is 5.56 Å². The Hall–Kier alpha value is -1.49. The molecule has 1 heterocycles. The van der Waals surface area contributed by atoms with Gasteiger partial charge < -0.3 is 10.6 Å². The zero-order valence-corrected chi connectivity index (χ0v) is 10.9. The SMILES string of the molecule is CC1CCCC(CN)N1C(=O)c1ccc(F)cc1F. The minimum absolute atomic E-state index is 0.0271. The first kappa shape index (κ1) is 13.9. The van der Waals surface area contributed by atoms with Crippen LogP contribution in [0.5, 0.6) is 0 Å². The molecule has 1 aromatic rings. The summed E-state index contributed by atoms with van der Waals surface area (Å²) in [5.74, 6) is -1.91. The number of nitrogens with zero attached hydrogens (tertiary/aromatic N) is 1. The fourth-order valence-corrected chi connectivity index (χ4v) is 2.69. The Morgan fingerprint density at radius 2 is 2.16 bits per heavy atom. The molecule has 5 heteroatoms. The van der Waals surface area contributed by atoms with Gasteiger partial charge in [0.25, 0.3) is 5.91 Å². The molecule has 2 unspecified atom stereocenters. The van der Waals surface area contributed by atoms with Crippen molar-refractivity contribution in [3.63, 3.8) is 0 Å². The Morgan fingerprint density at radius 1 is 1.42 bits per heavy atom. The number of likely N-dealkylation sites (tertiary alicyclic amines) is 1. The summed E-state index contributed by atoms with van der Waals surface area (Å²) in [5, 5.41) is 0. The summed E-state index contributed by atoms with van der Waals surface area (Å²) in [7, 11) is 0. The average molecular weight is 268 g/mol. The molecule has 0 spiro atoms. The lowest BCUT2D eigenvalue weighted by Crippen LogP contribution is -2.52. The predicted octanol–water partition coefficient (Wildman–Crippen LogP) is 2.31. The van der Waals surface area contributed by atoms with E-state index in [0.717, 1.165) is 31.4 Å². The lowest BCUT2D eigenvalue weighted by Gasteiger charge is -2.40. The molecule has 1 saturated heterocycles. The number of nitrogens with two attached hydrogens (primary N) is 1. The van der Waals surface area contributed by atoms with Gasteiger partial charge in [-0.1, -0.05) is 0 Å². The lowest BCUT2D eigenvalue weighted by molar-refractivity contribution is 0.0489. The minimum Gasteiger partial charge on any atom is -0.332 e. The smallest absolute Gasteiger partial charge is 0.257 e. The Balaban J connectivity index is 2.30. The molecule has 104 valence electrons. The van der Waals surface area contributed by atoms with Gasteiger partial charge in [0.15, 0.2) is 0 Å². The van der Waals surface area contributed by atoms with E-state index in [0.29, 0.717) is 6.54 Å². The predicted molar refractivity (Wildman–Crippen MR) is 68.7 cm³/mol. The van der Waals surface area contributed by atoms with E-state index in [2.05, 4.69) is 0 Å². The van der Waals surface area contributed by atoms with Gasteiger partial charge in [0, 0.05) is 24.7 Å². The van der Waals surface area contributed by atoms with Crippen LogP contribution in [-0.4, -0.2) is 29.4 Å². The van der Waals surface area contributed by atoms with Gasteiger partial charge in [-0.3, -0.25) is 4.79 Å². The fraction of sp³-hybridized carbons (Fsp3) is 0.500. The van der Waals surface area contributed by atoms with Gasteiger partial charge in [0.1, 0.15) is 11.6 Å². The third kappa shape index (κ3) is 2.76. The summed E-state index contributed by atoms with van der Waals surface area (Å²) in [6, 6.07) is 2.99. The van der Waals surface area contributed by atoms with Crippen LogP contribution in [0.2, 0.25) is 0 Å². The molecule has 0 aliphatic carbocycles. The van der Waals surface area contributed by atoms with Crippen LogP contribution in [0, 0.1) is 11.6 Å². The summed E-state index contributed by atoms with van der Waals surface area (Å²) in [5.41, 5.74) is 5.60. The molecule has 1 aromatic carbocycles. The van der Waals surface area contributed by atoms with E-state index in [9.17, 15) is 13.6 Å². The molecule has 1 amide bonds. The molecule has 1 aliphatic rings. The summed E-state index contributed by atoms with van der Waals surface area (Å²) in [4.78, 5) is 14.1. The van der Waals surface area contributed by atoms with Crippen molar-refractivity contribution in [1.29, 1.82) is 0 Å². The van der Waals surface area contributed by atoms with Crippen molar-refractivity contribution < 1.29 is 13.6 Å². The number of benzene rings is 1.